The Morgan fingerprint density at radius 2 is 2.20 bits per heavy atom. The van der Waals surface area contributed by atoms with Crippen molar-refractivity contribution in [2.24, 2.45) is 0 Å². The Hall–Kier alpha value is -3.47. The number of aromatic nitrogens is 5. The number of rotatable bonds is 6. The summed E-state index contributed by atoms with van der Waals surface area (Å²) in [7, 11) is 0. The van der Waals surface area contributed by atoms with Gasteiger partial charge in [-0.15, -0.1) is 5.10 Å². The van der Waals surface area contributed by atoms with Crippen molar-refractivity contribution in [3.8, 4) is 17.7 Å². The number of ether oxygens (including phenoxy) is 1. The summed E-state index contributed by atoms with van der Waals surface area (Å²) in [4.78, 5) is 4.10. The van der Waals surface area contributed by atoms with Crippen molar-refractivity contribution in [2.45, 2.75) is 25.4 Å². The average molecular weight is 333 g/mol. The van der Waals surface area contributed by atoms with E-state index in [-0.39, 0.29) is 0 Å². The first-order chi connectivity index (χ1) is 12.3. The van der Waals surface area contributed by atoms with Crippen LogP contribution in [0.3, 0.4) is 0 Å². The van der Waals surface area contributed by atoms with Gasteiger partial charge in [-0.25, -0.2) is 9.67 Å². The molecule has 0 saturated heterocycles. The van der Waals surface area contributed by atoms with Gasteiger partial charge in [0.1, 0.15) is 11.8 Å². The lowest BCUT2D eigenvalue weighted by Gasteiger charge is -2.09. The highest BCUT2D eigenvalue weighted by atomic mass is 16.5. The molecule has 1 aliphatic carbocycles. The molecule has 2 heterocycles. The molecule has 0 amide bonds. The van der Waals surface area contributed by atoms with Gasteiger partial charge in [-0.2, -0.15) is 5.26 Å². The van der Waals surface area contributed by atoms with Crippen molar-refractivity contribution in [3.63, 3.8) is 0 Å². The second-order valence-electron chi connectivity index (χ2n) is 5.75. The Bertz CT molecular complexity index is 909. The van der Waals surface area contributed by atoms with Crippen LogP contribution in [0.25, 0.3) is 0 Å². The lowest BCUT2D eigenvalue weighted by molar-refractivity contribution is 0.463. The monoisotopic (exact) mass is 333 g/mol. The van der Waals surface area contributed by atoms with Crippen LogP contribution in [0.15, 0.2) is 42.6 Å². The van der Waals surface area contributed by atoms with Crippen LogP contribution in [0, 0.1) is 11.3 Å². The molecule has 0 atom stereocenters. The average Bonchev–Trinajstić information content (AvgIpc) is 3.39. The molecule has 0 radical (unpaired) electrons. The molecular formula is C17H15N7O. The third-order valence-electron chi connectivity index (χ3n) is 3.83. The van der Waals surface area contributed by atoms with Crippen LogP contribution in [0.5, 0.6) is 11.6 Å². The van der Waals surface area contributed by atoms with E-state index in [1.165, 1.54) is 6.20 Å². The zero-order valence-electron chi connectivity index (χ0n) is 13.3. The summed E-state index contributed by atoms with van der Waals surface area (Å²) in [5.41, 5.74) is 1.40. The summed E-state index contributed by atoms with van der Waals surface area (Å²) in [5, 5.41) is 24.0. The fraction of sp³-hybridized carbons (Fsp3) is 0.235. The van der Waals surface area contributed by atoms with Crippen molar-refractivity contribution < 1.29 is 4.74 Å². The lowest BCUT2D eigenvalue weighted by atomic mass is 10.3. The molecule has 1 N–H and O–H groups in total. The molecule has 0 aliphatic heterocycles. The zero-order chi connectivity index (χ0) is 17.1. The number of anilines is 1. The van der Waals surface area contributed by atoms with Gasteiger partial charge >= 0.3 is 0 Å². The summed E-state index contributed by atoms with van der Waals surface area (Å²) in [5.74, 6) is 1.92. The van der Waals surface area contributed by atoms with Crippen molar-refractivity contribution in [1.29, 1.82) is 5.26 Å². The smallest absolute Gasteiger partial charge is 0.219 e. The number of tetrazole rings is 1. The molecule has 1 aromatic carbocycles. The van der Waals surface area contributed by atoms with Gasteiger partial charge in [0.15, 0.2) is 5.82 Å². The summed E-state index contributed by atoms with van der Waals surface area (Å²) >= 11 is 0. The zero-order valence-corrected chi connectivity index (χ0v) is 13.3. The van der Waals surface area contributed by atoms with E-state index >= 15 is 0 Å². The van der Waals surface area contributed by atoms with E-state index in [9.17, 15) is 0 Å². The molecule has 0 bridgehead atoms. The Kier molecular flexibility index (Phi) is 3.96. The summed E-state index contributed by atoms with van der Waals surface area (Å²) in [6.07, 6.45) is 3.76. The standard InChI is InChI=1S/C17H15N7O/c18-9-12-4-7-17(20-10-12)25-15-3-1-2-13(8-15)19-11-16-21-22-23-24(16)14-5-6-14/h1-4,7-8,10,14,19H,5-6,11H2. The van der Waals surface area contributed by atoms with Gasteiger partial charge in [0.05, 0.1) is 18.2 Å². The molecule has 4 rings (SSSR count). The lowest BCUT2D eigenvalue weighted by Crippen LogP contribution is -2.09. The molecule has 0 unspecified atom stereocenters. The van der Waals surface area contributed by atoms with E-state index in [4.69, 9.17) is 10.00 Å². The number of benzene rings is 1. The summed E-state index contributed by atoms with van der Waals surface area (Å²) in [6, 6.07) is 13.4. The minimum atomic E-state index is 0.439. The highest BCUT2D eigenvalue weighted by molar-refractivity contribution is 5.49. The number of hydrogen-bond donors (Lipinski definition) is 1. The third-order valence-corrected chi connectivity index (χ3v) is 3.83. The fourth-order valence-electron chi connectivity index (χ4n) is 2.41. The van der Waals surface area contributed by atoms with Crippen molar-refractivity contribution >= 4 is 5.69 Å². The van der Waals surface area contributed by atoms with Crippen LogP contribution in [0.4, 0.5) is 5.69 Å². The SMILES string of the molecule is N#Cc1ccc(Oc2cccc(NCc3nnnn3C3CC3)c2)nc1. The number of hydrogen-bond acceptors (Lipinski definition) is 7. The van der Waals surface area contributed by atoms with Crippen LogP contribution >= 0.6 is 0 Å². The highest BCUT2D eigenvalue weighted by Gasteiger charge is 2.27. The van der Waals surface area contributed by atoms with Crippen LogP contribution < -0.4 is 10.1 Å². The molecule has 0 spiro atoms. The number of nitrogens with zero attached hydrogens (tertiary/aromatic N) is 6. The van der Waals surface area contributed by atoms with E-state index in [1.807, 2.05) is 35.0 Å². The molecule has 8 heteroatoms. The van der Waals surface area contributed by atoms with E-state index in [0.717, 1.165) is 24.4 Å². The summed E-state index contributed by atoms with van der Waals surface area (Å²) < 4.78 is 7.60. The topological polar surface area (TPSA) is 102 Å². The summed E-state index contributed by atoms with van der Waals surface area (Å²) in [6.45, 7) is 0.544. The maximum Gasteiger partial charge on any atom is 0.219 e. The van der Waals surface area contributed by atoms with Gasteiger partial charge in [0, 0.05) is 24.0 Å². The quantitative estimate of drug-likeness (QED) is 0.740. The second kappa shape index (κ2) is 6.57. The molecule has 25 heavy (non-hydrogen) atoms. The van der Waals surface area contributed by atoms with Crippen LogP contribution in [-0.2, 0) is 6.54 Å². The van der Waals surface area contributed by atoms with Crippen LogP contribution in [-0.4, -0.2) is 25.2 Å². The molecule has 124 valence electrons. The Morgan fingerprint density at radius 3 is 2.96 bits per heavy atom. The first kappa shape index (κ1) is 15.1. The molecule has 8 nitrogen and oxygen atoms in total. The second-order valence-corrected chi connectivity index (χ2v) is 5.75. The normalized spacial score (nSPS) is 13.2. The first-order valence-electron chi connectivity index (χ1n) is 7.96. The highest BCUT2D eigenvalue weighted by Crippen LogP contribution is 2.34. The predicted octanol–water partition coefficient (Wildman–Crippen LogP) is 2.68. The van der Waals surface area contributed by atoms with Gasteiger partial charge < -0.3 is 10.1 Å². The maximum atomic E-state index is 8.79. The molecule has 3 aromatic rings. The molecule has 2 aromatic heterocycles. The minimum Gasteiger partial charge on any atom is -0.439 e. The maximum absolute atomic E-state index is 8.79. The van der Waals surface area contributed by atoms with Gasteiger partial charge in [-0.3, -0.25) is 0 Å². The first-order valence-corrected chi connectivity index (χ1v) is 7.96. The van der Waals surface area contributed by atoms with Gasteiger partial charge in [0.25, 0.3) is 0 Å². The van der Waals surface area contributed by atoms with Gasteiger partial charge in [0.2, 0.25) is 5.88 Å². The minimum absolute atomic E-state index is 0.439. The van der Waals surface area contributed by atoms with Gasteiger partial charge in [-0.1, -0.05) is 6.07 Å². The number of nitrogens with one attached hydrogen (secondary N) is 1. The van der Waals surface area contributed by atoms with Crippen LogP contribution in [0.2, 0.25) is 0 Å². The van der Waals surface area contributed by atoms with E-state index < -0.39 is 0 Å². The predicted molar refractivity (Wildman–Crippen MR) is 88.9 cm³/mol. The molecule has 1 aliphatic rings. The Labute approximate surface area is 144 Å². The molecule has 1 saturated carbocycles. The van der Waals surface area contributed by atoms with Gasteiger partial charge in [-0.05, 0) is 41.5 Å². The molecular weight excluding hydrogens is 318 g/mol. The van der Waals surface area contributed by atoms with Crippen molar-refractivity contribution in [1.82, 2.24) is 25.2 Å². The number of pyridine rings is 1. The van der Waals surface area contributed by atoms with Crippen LogP contribution in [0.1, 0.15) is 30.3 Å². The van der Waals surface area contributed by atoms with E-state index in [1.54, 1.807) is 12.1 Å². The van der Waals surface area contributed by atoms with E-state index in [2.05, 4.69) is 25.8 Å². The number of nitriles is 1. The van der Waals surface area contributed by atoms with E-state index in [0.29, 0.717) is 29.8 Å². The van der Waals surface area contributed by atoms with Crippen molar-refractivity contribution in [3.05, 3.63) is 54.0 Å². The Morgan fingerprint density at radius 1 is 1.28 bits per heavy atom. The fourth-order valence-corrected chi connectivity index (χ4v) is 2.41. The molecule has 1 fully saturated rings. The Balaban J connectivity index is 1.42. The largest absolute Gasteiger partial charge is 0.439 e. The third kappa shape index (κ3) is 3.55. The van der Waals surface area contributed by atoms with Crippen molar-refractivity contribution in [2.75, 3.05) is 5.32 Å².